The Morgan fingerprint density at radius 1 is 1.25 bits per heavy atom. The van der Waals surface area contributed by atoms with Gasteiger partial charge in [0.2, 0.25) is 5.95 Å². The Bertz CT molecular complexity index is 869. The van der Waals surface area contributed by atoms with Gasteiger partial charge in [-0.3, -0.25) is 4.90 Å². The number of anilines is 1. The standard InChI is InChI=1S/C20H25ClN4O3/c1-26-15-4-3-14(16(21)17(15)27-2)12-25-8-6-20(7-9-25)18-13(5-10-28-20)11-23-19(22)24-18/h3-4,11H,5-10,12H2,1-2H3,(H2,22,23,24). The van der Waals surface area contributed by atoms with E-state index in [4.69, 9.17) is 31.5 Å². The van der Waals surface area contributed by atoms with E-state index in [-0.39, 0.29) is 5.60 Å². The average molecular weight is 405 g/mol. The monoisotopic (exact) mass is 404 g/mol. The number of nitrogen functional groups attached to an aromatic ring is 1. The van der Waals surface area contributed by atoms with Crippen molar-refractivity contribution in [3.05, 3.63) is 40.2 Å². The van der Waals surface area contributed by atoms with Crippen molar-refractivity contribution < 1.29 is 14.2 Å². The quantitative estimate of drug-likeness (QED) is 0.838. The highest BCUT2D eigenvalue weighted by Crippen LogP contribution is 2.42. The molecule has 0 atom stereocenters. The third-order valence-corrected chi connectivity index (χ3v) is 6.10. The lowest BCUT2D eigenvalue weighted by Crippen LogP contribution is -2.47. The molecule has 0 amide bonds. The maximum atomic E-state index is 6.55. The maximum absolute atomic E-state index is 6.55. The van der Waals surface area contributed by atoms with E-state index in [1.807, 2.05) is 18.3 Å². The predicted octanol–water partition coefficient (Wildman–Crippen LogP) is 2.79. The fourth-order valence-corrected chi connectivity index (χ4v) is 4.46. The first-order chi connectivity index (χ1) is 13.6. The molecule has 150 valence electrons. The molecule has 1 aromatic carbocycles. The van der Waals surface area contributed by atoms with Gasteiger partial charge in [-0.2, -0.15) is 0 Å². The van der Waals surface area contributed by atoms with Crippen molar-refractivity contribution >= 4 is 17.5 Å². The first kappa shape index (κ1) is 19.2. The van der Waals surface area contributed by atoms with Gasteiger partial charge in [0.25, 0.3) is 0 Å². The molecule has 7 nitrogen and oxygen atoms in total. The first-order valence-electron chi connectivity index (χ1n) is 9.44. The summed E-state index contributed by atoms with van der Waals surface area (Å²) in [6.07, 6.45) is 4.41. The number of benzene rings is 1. The molecular formula is C20H25ClN4O3. The molecule has 8 heteroatoms. The van der Waals surface area contributed by atoms with Crippen LogP contribution in [0.4, 0.5) is 5.95 Å². The lowest BCUT2D eigenvalue weighted by Gasteiger charge is -2.44. The van der Waals surface area contributed by atoms with Crippen LogP contribution < -0.4 is 15.2 Å². The van der Waals surface area contributed by atoms with Gasteiger partial charge < -0.3 is 19.9 Å². The molecule has 4 rings (SSSR count). The number of methoxy groups -OCH3 is 2. The number of hydrogen-bond donors (Lipinski definition) is 1. The lowest BCUT2D eigenvalue weighted by molar-refractivity contribution is -0.102. The Morgan fingerprint density at radius 2 is 2.04 bits per heavy atom. The number of hydrogen-bond acceptors (Lipinski definition) is 7. The highest BCUT2D eigenvalue weighted by Gasteiger charge is 2.42. The zero-order valence-electron chi connectivity index (χ0n) is 16.2. The zero-order valence-corrected chi connectivity index (χ0v) is 17.0. The number of likely N-dealkylation sites (tertiary alicyclic amines) is 1. The van der Waals surface area contributed by atoms with E-state index in [0.717, 1.165) is 55.7 Å². The Hall–Kier alpha value is -2.09. The molecule has 28 heavy (non-hydrogen) atoms. The summed E-state index contributed by atoms with van der Waals surface area (Å²) in [6.45, 7) is 3.21. The largest absolute Gasteiger partial charge is 0.493 e. The van der Waals surface area contributed by atoms with Gasteiger partial charge in [-0.15, -0.1) is 0 Å². The van der Waals surface area contributed by atoms with Crippen LogP contribution in [0.25, 0.3) is 0 Å². The third-order valence-electron chi connectivity index (χ3n) is 5.69. The second-order valence-electron chi connectivity index (χ2n) is 7.25. The number of nitrogens with two attached hydrogens (primary N) is 1. The molecular weight excluding hydrogens is 380 g/mol. The van der Waals surface area contributed by atoms with Crippen LogP contribution in [0, 0.1) is 0 Å². The first-order valence-corrected chi connectivity index (χ1v) is 9.81. The predicted molar refractivity (Wildman–Crippen MR) is 107 cm³/mol. The highest BCUT2D eigenvalue weighted by molar-refractivity contribution is 6.33. The van der Waals surface area contributed by atoms with E-state index in [2.05, 4.69) is 14.9 Å². The van der Waals surface area contributed by atoms with Crippen molar-refractivity contribution in [3.8, 4) is 11.5 Å². The summed E-state index contributed by atoms with van der Waals surface area (Å²) >= 11 is 6.55. The number of nitrogens with zero attached hydrogens (tertiary/aromatic N) is 3. The highest BCUT2D eigenvalue weighted by atomic mass is 35.5. The van der Waals surface area contributed by atoms with Gasteiger partial charge in [0.05, 0.1) is 31.5 Å². The van der Waals surface area contributed by atoms with Gasteiger partial charge in [-0.1, -0.05) is 17.7 Å². The normalized spacial score (nSPS) is 18.7. The van der Waals surface area contributed by atoms with E-state index < -0.39 is 0 Å². The smallest absolute Gasteiger partial charge is 0.220 e. The summed E-state index contributed by atoms with van der Waals surface area (Å²) in [7, 11) is 3.21. The van der Waals surface area contributed by atoms with E-state index in [1.54, 1.807) is 14.2 Å². The number of ether oxygens (including phenoxy) is 3. The number of halogens is 1. The summed E-state index contributed by atoms with van der Waals surface area (Å²) in [5.74, 6) is 1.52. The van der Waals surface area contributed by atoms with E-state index in [9.17, 15) is 0 Å². The number of fused-ring (bicyclic) bond motifs is 2. The molecule has 0 saturated carbocycles. The van der Waals surface area contributed by atoms with Gasteiger partial charge in [-0.05, 0) is 36.5 Å². The van der Waals surface area contributed by atoms with Crippen molar-refractivity contribution in [1.29, 1.82) is 0 Å². The molecule has 1 aromatic heterocycles. The van der Waals surface area contributed by atoms with E-state index in [1.165, 1.54) is 0 Å². The topological polar surface area (TPSA) is 82.7 Å². The second kappa shape index (κ2) is 7.73. The molecule has 0 radical (unpaired) electrons. The molecule has 2 aliphatic heterocycles. The molecule has 2 aliphatic rings. The average Bonchev–Trinajstić information content (AvgIpc) is 2.71. The summed E-state index contributed by atoms with van der Waals surface area (Å²) in [4.78, 5) is 11.0. The van der Waals surface area contributed by atoms with Gasteiger partial charge in [0, 0.05) is 25.8 Å². The third kappa shape index (κ3) is 3.38. The summed E-state index contributed by atoms with van der Waals surface area (Å²) in [5, 5.41) is 0.599. The molecule has 2 N–H and O–H groups in total. The summed E-state index contributed by atoms with van der Waals surface area (Å²) in [6, 6.07) is 3.89. The minimum atomic E-state index is -0.359. The second-order valence-corrected chi connectivity index (χ2v) is 7.62. The van der Waals surface area contributed by atoms with Gasteiger partial charge in [0.1, 0.15) is 5.60 Å². The van der Waals surface area contributed by atoms with Crippen molar-refractivity contribution in [3.63, 3.8) is 0 Å². The van der Waals surface area contributed by atoms with Crippen LogP contribution in [0.1, 0.15) is 29.7 Å². The fraction of sp³-hybridized carbons (Fsp3) is 0.500. The molecule has 0 bridgehead atoms. The van der Waals surface area contributed by atoms with Gasteiger partial charge in [-0.25, -0.2) is 9.97 Å². The van der Waals surface area contributed by atoms with Crippen LogP contribution in [-0.2, 0) is 23.3 Å². The van der Waals surface area contributed by atoms with Crippen LogP contribution in [0.3, 0.4) is 0 Å². The Morgan fingerprint density at radius 3 is 2.75 bits per heavy atom. The van der Waals surface area contributed by atoms with Crippen LogP contribution in [-0.4, -0.2) is 48.8 Å². The molecule has 3 heterocycles. The molecule has 0 aliphatic carbocycles. The van der Waals surface area contributed by atoms with E-state index in [0.29, 0.717) is 29.1 Å². The number of aromatic nitrogens is 2. The zero-order chi connectivity index (χ0) is 19.7. The Balaban J connectivity index is 1.50. The number of rotatable bonds is 4. The Kier molecular flexibility index (Phi) is 5.31. The SMILES string of the molecule is COc1ccc(CN2CCC3(CC2)OCCc2cnc(N)nc23)c(Cl)c1OC. The summed E-state index contributed by atoms with van der Waals surface area (Å²) < 4.78 is 17.0. The van der Waals surface area contributed by atoms with Crippen molar-refractivity contribution in [2.75, 3.05) is 39.6 Å². The fourth-order valence-electron chi connectivity index (χ4n) is 4.17. The molecule has 2 aromatic rings. The minimum Gasteiger partial charge on any atom is -0.493 e. The van der Waals surface area contributed by atoms with Crippen LogP contribution >= 0.6 is 11.6 Å². The van der Waals surface area contributed by atoms with Gasteiger partial charge in [0.15, 0.2) is 11.5 Å². The molecule has 1 fully saturated rings. The van der Waals surface area contributed by atoms with Crippen LogP contribution in [0.5, 0.6) is 11.5 Å². The van der Waals surface area contributed by atoms with Crippen molar-refractivity contribution in [1.82, 2.24) is 14.9 Å². The molecule has 0 unspecified atom stereocenters. The molecule has 1 saturated heterocycles. The van der Waals surface area contributed by atoms with E-state index >= 15 is 0 Å². The van der Waals surface area contributed by atoms with Crippen molar-refractivity contribution in [2.24, 2.45) is 0 Å². The number of piperidine rings is 1. The van der Waals surface area contributed by atoms with Gasteiger partial charge >= 0.3 is 0 Å². The van der Waals surface area contributed by atoms with Crippen LogP contribution in [0.2, 0.25) is 5.02 Å². The van der Waals surface area contributed by atoms with Crippen LogP contribution in [0.15, 0.2) is 18.3 Å². The Labute approximate surface area is 169 Å². The lowest BCUT2D eigenvalue weighted by atomic mass is 9.83. The summed E-state index contributed by atoms with van der Waals surface area (Å²) in [5.41, 5.74) is 8.62. The maximum Gasteiger partial charge on any atom is 0.220 e. The minimum absolute atomic E-state index is 0.308. The molecule has 1 spiro atoms. The van der Waals surface area contributed by atoms with Crippen molar-refractivity contribution in [2.45, 2.75) is 31.4 Å².